The topological polar surface area (TPSA) is 41.6 Å². The number of nitrogens with one attached hydrogen (secondary N) is 1. The molecule has 0 aliphatic carbocycles. The van der Waals surface area contributed by atoms with Crippen molar-refractivity contribution in [3.63, 3.8) is 0 Å². The van der Waals surface area contributed by atoms with Gasteiger partial charge in [-0.05, 0) is 38.5 Å². The molecule has 1 aliphatic rings. The molecule has 2 rings (SSSR count). The molecular formula is C16H22F2N2O2. The van der Waals surface area contributed by atoms with Crippen molar-refractivity contribution in [2.24, 2.45) is 0 Å². The molecule has 122 valence electrons. The molecular weight excluding hydrogens is 290 g/mol. The molecule has 0 unspecified atom stereocenters. The lowest BCUT2D eigenvalue weighted by Gasteiger charge is -2.37. The maximum atomic E-state index is 13.1. The Labute approximate surface area is 129 Å². The minimum Gasteiger partial charge on any atom is -0.444 e. The molecule has 0 bridgehead atoms. The van der Waals surface area contributed by atoms with Crippen LogP contribution in [-0.2, 0) is 4.74 Å². The van der Waals surface area contributed by atoms with Gasteiger partial charge in [-0.2, -0.15) is 0 Å². The van der Waals surface area contributed by atoms with Gasteiger partial charge in [0.1, 0.15) is 17.6 Å². The molecule has 1 atom stereocenters. The molecule has 0 saturated carbocycles. The average Bonchev–Trinajstić information content (AvgIpc) is 2.34. The summed E-state index contributed by atoms with van der Waals surface area (Å²) in [6.45, 7) is 6.51. The van der Waals surface area contributed by atoms with E-state index < -0.39 is 17.9 Å². The predicted molar refractivity (Wildman–Crippen MR) is 79.8 cm³/mol. The Kier molecular flexibility index (Phi) is 5.01. The average molecular weight is 312 g/mol. The van der Waals surface area contributed by atoms with Gasteiger partial charge < -0.3 is 10.1 Å². The fourth-order valence-electron chi connectivity index (χ4n) is 2.29. The zero-order valence-corrected chi connectivity index (χ0v) is 13.1. The molecule has 1 aromatic carbocycles. The lowest BCUT2D eigenvalue weighted by molar-refractivity contribution is 0.0391. The number of amides is 1. The maximum absolute atomic E-state index is 13.1. The number of rotatable bonds is 4. The summed E-state index contributed by atoms with van der Waals surface area (Å²) >= 11 is 0. The molecule has 1 heterocycles. The molecule has 1 amide bonds. The lowest BCUT2D eigenvalue weighted by Crippen LogP contribution is -2.52. The van der Waals surface area contributed by atoms with Crippen LogP contribution in [0.2, 0.25) is 0 Å². The van der Waals surface area contributed by atoms with Crippen molar-refractivity contribution in [1.82, 2.24) is 10.2 Å². The lowest BCUT2D eigenvalue weighted by atomic mass is 10.0. The van der Waals surface area contributed by atoms with E-state index >= 15 is 0 Å². The Morgan fingerprint density at radius 2 is 1.95 bits per heavy atom. The van der Waals surface area contributed by atoms with Gasteiger partial charge in [-0.1, -0.05) is 12.1 Å². The van der Waals surface area contributed by atoms with Gasteiger partial charge in [-0.3, -0.25) is 4.90 Å². The minimum absolute atomic E-state index is 0.340. The molecule has 0 spiro atoms. The van der Waals surface area contributed by atoms with Crippen LogP contribution >= 0.6 is 0 Å². The minimum atomic E-state index is -0.810. The number of alkyl halides is 1. The van der Waals surface area contributed by atoms with Crippen molar-refractivity contribution in [1.29, 1.82) is 0 Å². The Morgan fingerprint density at radius 1 is 1.36 bits per heavy atom. The van der Waals surface area contributed by atoms with E-state index in [0.29, 0.717) is 19.6 Å². The number of likely N-dealkylation sites (tertiary alicyclic amines) is 1. The van der Waals surface area contributed by atoms with E-state index in [1.54, 1.807) is 32.9 Å². The van der Waals surface area contributed by atoms with Gasteiger partial charge in [0.15, 0.2) is 0 Å². The van der Waals surface area contributed by atoms with E-state index in [-0.39, 0.29) is 11.9 Å². The third-order valence-electron chi connectivity index (χ3n) is 3.32. The highest BCUT2D eigenvalue weighted by atomic mass is 19.1. The van der Waals surface area contributed by atoms with Gasteiger partial charge in [0.25, 0.3) is 0 Å². The number of carbonyl (C=O) groups excluding carboxylic acids is 1. The standard InChI is InChI=1S/C16H22F2N2O2/c1-16(2,3)22-15(21)19-14(10-20-8-13(18)9-20)11-4-6-12(17)7-5-11/h4-7,13-14H,8-10H2,1-3H3,(H,19,21)/t14-/m1/s1. The van der Waals surface area contributed by atoms with Crippen molar-refractivity contribution in [3.8, 4) is 0 Å². The van der Waals surface area contributed by atoms with E-state index in [4.69, 9.17) is 4.74 Å². The highest BCUT2D eigenvalue weighted by Gasteiger charge is 2.30. The van der Waals surface area contributed by atoms with Crippen LogP contribution < -0.4 is 5.32 Å². The van der Waals surface area contributed by atoms with E-state index in [1.807, 2.05) is 4.90 Å². The Morgan fingerprint density at radius 3 is 2.45 bits per heavy atom. The van der Waals surface area contributed by atoms with Gasteiger partial charge in [0.2, 0.25) is 0 Å². The second-order valence-electron chi connectivity index (χ2n) is 6.57. The van der Waals surface area contributed by atoms with Crippen LogP contribution in [0.25, 0.3) is 0 Å². The van der Waals surface area contributed by atoms with Gasteiger partial charge in [0.05, 0.1) is 6.04 Å². The normalized spacial score (nSPS) is 17.7. The number of benzene rings is 1. The van der Waals surface area contributed by atoms with Gasteiger partial charge in [-0.15, -0.1) is 0 Å². The monoisotopic (exact) mass is 312 g/mol. The number of hydrogen-bond acceptors (Lipinski definition) is 3. The van der Waals surface area contributed by atoms with E-state index in [2.05, 4.69) is 5.32 Å². The largest absolute Gasteiger partial charge is 0.444 e. The maximum Gasteiger partial charge on any atom is 0.408 e. The molecule has 1 aliphatic heterocycles. The highest BCUT2D eigenvalue weighted by Crippen LogP contribution is 2.20. The van der Waals surface area contributed by atoms with Crippen LogP contribution in [0.5, 0.6) is 0 Å². The first-order valence-corrected chi connectivity index (χ1v) is 7.34. The smallest absolute Gasteiger partial charge is 0.408 e. The molecule has 4 nitrogen and oxygen atoms in total. The van der Waals surface area contributed by atoms with E-state index in [0.717, 1.165) is 5.56 Å². The number of alkyl carbamates (subject to hydrolysis) is 1. The van der Waals surface area contributed by atoms with Crippen LogP contribution in [0.15, 0.2) is 24.3 Å². The SMILES string of the molecule is CC(C)(C)OC(=O)N[C@H](CN1CC(F)C1)c1ccc(F)cc1. The fraction of sp³-hybridized carbons (Fsp3) is 0.562. The van der Waals surface area contributed by atoms with E-state index in [1.165, 1.54) is 12.1 Å². The summed E-state index contributed by atoms with van der Waals surface area (Å²) in [5.41, 5.74) is 0.160. The van der Waals surface area contributed by atoms with Crippen LogP contribution in [0.3, 0.4) is 0 Å². The molecule has 1 aromatic rings. The molecule has 1 N–H and O–H groups in total. The number of carbonyl (C=O) groups is 1. The van der Waals surface area contributed by atoms with Crippen molar-refractivity contribution in [2.45, 2.75) is 38.6 Å². The molecule has 1 fully saturated rings. The summed E-state index contributed by atoms with van der Waals surface area (Å²) < 4.78 is 31.3. The summed E-state index contributed by atoms with van der Waals surface area (Å²) in [5.74, 6) is -0.340. The number of nitrogens with zero attached hydrogens (tertiary/aromatic N) is 1. The van der Waals surface area contributed by atoms with Gasteiger partial charge >= 0.3 is 6.09 Å². The van der Waals surface area contributed by atoms with Crippen LogP contribution in [-0.4, -0.2) is 42.4 Å². The van der Waals surface area contributed by atoms with Crippen molar-refractivity contribution in [2.75, 3.05) is 19.6 Å². The summed E-state index contributed by atoms with van der Waals surface area (Å²) in [6.07, 6.45) is -1.35. The first kappa shape index (κ1) is 16.7. The van der Waals surface area contributed by atoms with Crippen molar-refractivity contribution in [3.05, 3.63) is 35.6 Å². The number of halogens is 2. The molecule has 1 saturated heterocycles. The van der Waals surface area contributed by atoms with Crippen LogP contribution in [0, 0.1) is 5.82 Å². The number of hydrogen-bond donors (Lipinski definition) is 1. The molecule has 0 radical (unpaired) electrons. The van der Waals surface area contributed by atoms with Crippen molar-refractivity contribution < 1.29 is 18.3 Å². The first-order valence-electron chi connectivity index (χ1n) is 7.34. The second-order valence-corrected chi connectivity index (χ2v) is 6.57. The van der Waals surface area contributed by atoms with Crippen LogP contribution in [0.4, 0.5) is 13.6 Å². The van der Waals surface area contributed by atoms with Crippen LogP contribution in [0.1, 0.15) is 32.4 Å². The Balaban J connectivity index is 2.04. The predicted octanol–water partition coefficient (Wildman–Crippen LogP) is 3.05. The fourth-order valence-corrected chi connectivity index (χ4v) is 2.29. The molecule has 6 heteroatoms. The third-order valence-corrected chi connectivity index (χ3v) is 3.32. The summed E-state index contributed by atoms with van der Waals surface area (Å²) in [7, 11) is 0. The second kappa shape index (κ2) is 6.60. The summed E-state index contributed by atoms with van der Waals surface area (Å²) in [6, 6.07) is 5.54. The Bertz CT molecular complexity index is 508. The van der Waals surface area contributed by atoms with E-state index in [9.17, 15) is 13.6 Å². The highest BCUT2D eigenvalue weighted by molar-refractivity contribution is 5.68. The van der Waals surface area contributed by atoms with Crippen molar-refractivity contribution >= 4 is 6.09 Å². The Hall–Kier alpha value is -1.69. The third kappa shape index (κ3) is 4.94. The first-order chi connectivity index (χ1) is 10.2. The zero-order valence-electron chi connectivity index (χ0n) is 13.1. The van der Waals surface area contributed by atoms with Gasteiger partial charge in [0, 0.05) is 19.6 Å². The molecule has 0 aromatic heterocycles. The van der Waals surface area contributed by atoms with Gasteiger partial charge in [-0.25, -0.2) is 13.6 Å². The summed E-state index contributed by atoms with van der Waals surface area (Å²) in [4.78, 5) is 13.9. The zero-order chi connectivity index (χ0) is 16.3. The molecule has 22 heavy (non-hydrogen) atoms. The quantitative estimate of drug-likeness (QED) is 0.929. The summed E-state index contributed by atoms with van der Waals surface area (Å²) in [5, 5.41) is 2.78. The number of ether oxygens (including phenoxy) is 1.